The Morgan fingerprint density at radius 2 is 1.25 bits per heavy atom. The molecule has 2 amide bonds. The lowest BCUT2D eigenvalue weighted by Gasteiger charge is -1.98. The molecule has 12 heavy (non-hydrogen) atoms. The summed E-state index contributed by atoms with van der Waals surface area (Å²) in [7, 11) is 0. The molecule has 0 fully saturated rings. The number of carbonyl (C=O) groups excluding carboxylic acids is 2. The van der Waals surface area contributed by atoms with Crippen LogP contribution >= 0.6 is 0 Å². The first-order valence-electron chi connectivity index (χ1n) is 2.86. The largest absolute Gasteiger partial charge is 0.325 e. The summed E-state index contributed by atoms with van der Waals surface area (Å²) in [5.74, 6) is -2.06. The van der Waals surface area contributed by atoms with Crippen molar-refractivity contribution in [2.24, 2.45) is 10.4 Å². The van der Waals surface area contributed by atoms with Crippen molar-refractivity contribution in [3.63, 3.8) is 0 Å². The van der Waals surface area contributed by atoms with Gasteiger partial charge in [0, 0.05) is 0 Å². The van der Waals surface area contributed by atoms with E-state index in [-0.39, 0.29) is 0 Å². The molecule has 0 unspecified atom stereocenters. The van der Waals surface area contributed by atoms with Crippen molar-refractivity contribution in [1.29, 1.82) is 0 Å². The van der Waals surface area contributed by atoms with Gasteiger partial charge < -0.3 is 10.6 Å². The normalized spacial score (nSPS) is 8.33. The molecule has 0 atom stereocenters. The van der Waals surface area contributed by atoms with Crippen LogP contribution in [0.1, 0.15) is 0 Å². The maximum atomic E-state index is 10.5. The van der Waals surface area contributed by atoms with Crippen molar-refractivity contribution in [2.75, 3.05) is 13.3 Å². The Bertz CT molecular complexity index is 181. The van der Waals surface area contributed by atoms with Crippen LogP contribution in [0.25, 0.3) is 0 Å². The van der Waals surface area contributed by atoms with E-state index in [0.717, 1.165) is 0 Å². The molecule has 8 heteroatoms. The minimum absolute atomic E-state index is 0.485. The number of nitrogens with one attached hydrogen (secondary N) is 2. The van der Waals surface area contributed by atoms with Gasteiger partial charge in [0.05, 0.1) is 0 Å². The number of nitroso groups, excluding NO2 is 2. The van der Waals surface area contributed by atoms with E-state index in [1.165, 1.54) is 0 Å². The Kier molecular flexibility index (Phi) is 4.98. The third kappa shape index (κ3) is 4.04. The summed E-state index contributed by atoms with van der Waals surface area (Å²) >= 11 is 0. The third-order valence-electron chi connectivity index (χ3n) is 0.815. The van der Waals surface area contributed by atoms with Crippen molar-refractivity contribution in [3.05, 3.63) is 9.81 Å². The van der Waals surface area contributed by atoms with Crippen molar-refractivity contribution >= 4 is 11.8 Å². The van der Waals surface area contributed by atoms with Crippen LogP contribution < -0.4 is 10.6 Å². The molecule has 66 valence electrons. The van der Waals surface area contributed by atoms with Gasteiger partial charge in [-0.05, 0) is 10.4 Å². The van der Waals surface area contributed by atoms with E-state index in [1.807, 2.05) is 10.6 Å². The predicted molar refractivity (Wildman–Crippen MR) is 37.6 cm³/mol. The van der Waals surface area contributed by atoms with Gasteiger partial charge in [-0.1, -0.05) is 0 Å². The number of hydrogen-bond donors (Lipinski definition) is 2. The lowest BCUT2D eigenvalue weighted by Crippen LogP contribution is -2.39. The van der Waals surface area contributed by atoms with Gasteiger partial charge in [-0.15, -0.1) is 9.81 Å². The number of hydrogen-bond acceptors (Lipinski definition) is 6. The number of nitrogens with zero attached hydrogens (tertiary/aromatic N) is 2. The zero-order chi connectivity index (χ0) is 9.40. The standard InChI is InChI=1S/C4H6N4O4/c9-3(5-1-7-11)4(10)6-2-8-12/h1-2H2,(H,5,9)(H,6,10). The molecular formula is C4H6N4O4. The fraction of sp³-hybridized carbons (Fsp3) is 0.500. The summed E-state index contributed by atoms with van der Waals surface area (Å²) in [6.07, 6.45) is 0. The van der Waals surface area contributed by atoms with Gasteiger partial charge in [-0.25, -0.2) is 0 Å². The van der Waals surface area contributed by atoms with Crippen LogP contribution in [0, 0.1) is 9.81 Å². The molecule has 0 spiro atoms. The summed E-state index contributed by atoms with van der Waals surface area (Å²) in [6, 6.07) is 0. The lowest BCUT2D eigenvalue weighted by molar-refractivity contribution is -0.139. The van der Waals surface area contributed by atoms with Crippen LogP contribution in [0.15, 0.2) is 10.4 Å². The molecule has 0 radical (unpaired) electrons. The van der Waals surface area contributed by atoms with Crippen LogP contribution in [0.3, 0.4) is 0 Å². The number of carbonyl (C=O) groups is 2. The monoisotopic (exact) mass is 174 g/mol. The Hall–Kier alpha value is -1.86. The molecule has 0 heterocycles. The average molecular weight is 174 g/mol. The van der Waals surface area contributed by atoms with Gasteiger partial charge in [0.2, 0.25) is 0 Å². The van der Waals surface area contributed by atoms with Crippen molar-refractivity contribution in [2.45, 2.75) is 0 Å². The molecule has 2 N–H and O–H groups in total. The Morgan fingerprint density at radius 1 is 0.917 bits per heavy atom. The zero-order valence-electron chi connectivity index (χ0n) is 5.94. The predicted octanol–water partition coefficient (Wildman–Crippen LogP) is -1.33. The zero-order valence-corrected chi connectivity index (χ0v) is 5.94. The Balaban J connectivity index is 3.68. The molecule has 0 aliphatic heterocycles. The van der Waals surface area contributed by atoms with Gasteiger partial charge >= 0.3 is 11.8 Å². The average Bonchev–Trinajstić information content (AvgIpc) is 2.10. The summed E-state index contributed by atoms with van der Waals surface area (Å²) in [6.45, 7) is -0.971. The van der Waals surface area contributed by atoms with Crippen LogP contribution in [-0.4, -0.2) is 25.2 Å². The van der Waals surface area contributed by atoms with Crippen LogP contribution in [-0.2, 0) is 9.59 Å². The van der Waals surface area contributed by atoms with Gasteiger partial charge in [-0.2, -0.15) is 0 Å². The lowest BCUT2D eigenvalue weighted by atomic mass is 10.5. The Labute approximate surface area is 66.6 Å². The van der Waals surface area contributed by atoms with E-state index in [9.17, 15) is 19.4 Å². The fourth-order valence-corrected chi connectivity index (χ4v) is 0.369. The van der Waals surface area contributed by atoms with Crippen molar-refractivity contribution < 1.29 is 9.59 Å². The summed E-state index contributed by atoms with van der Waals surface area (Å²) < 4.78 is 0. The fourth-order valence-electron chi connectivity index (χ4n) is 0.369. The molecule has 0 aliphatic rings. The van der Waals surface area contributed by atoms with Gasteiger partial charge in [-0.3, -0.25) is 9.59 Å². The molecule has 0 saturated carbocycles. The minimum Gasteiger partial charge on any atom is -0.325 e. The maximum absolute atomic E-state index is 10.5. The van der Waals surface area contributed by atoms with Gasteiger partial charge in [0.15, 0.2) is 13.3 Å². The van der Waals surface area contributed by atoms with Crippen LogP contribution in [0.4, 0.5) is 0 Å². The smallest absolute Gasteiger partial charge is 0.310 e. The molecule has 0 saturated heterocycles. The van der Waals surface area contributed by atoms with Crippen molar-refractivity contribution in [1.82, 2.24) is 10.6 Å². The highest BCUT2D eigenvalue weighted by molar-refractivity contribution is 6.35. The molecule has 0 rings (SSSR count). The molecular weight excluding hydrogens is 168 g/mol. The van der Waals surface area contributed by atoms with E-state index in [4.69, 9.17) is 0 Å². The maximum Gasteiger partial charge on any atom is 0.310 e. The summed E-state index contributed by atoms with van der Waals surface area (Å²) in [4.78, 5) is 40.0. The molecule has 0 aromatic carbocycles. The molecule has 0 aliphatic carbocycles. The van der Waals surface area contributed by atoms with Crippen LogP contribution in [0.2, 0.25) is 0 Å². The Morgan fingerprint density at radius 3 is 1.50 bits per heavy atom. The molecule has 0 bridgehead atoms. The summed E-state index contributed by atoms with van der Waals surface area (Å²) in [5.41, 5.74) is 0. The first kappa shape index (κ1) is 10.1. The van der Waals surface area contributed by atoms with E-state index in [0.29, 0.717) is 0 Å². The van der Waals surface area contributed by atoms with Crippen molar-refractivity contribution in [3.8, 4) is 0 Å². The van der Waals surface area contributed by atoms with E-state index < -0.39 is 25.2 Å². The van der Waals surface area contributed by atoms with Gasteiger partial charge in [0.1, 0.15) is 0 Å². The van der Waals surface area contributed by atoms with E-state index >= 15 is 0 Å². The molecule has 0 aromatic rings. The second-order valence-electron chi connectivity index (χ2n) is 1.59. The molecule has 0 aromatic heterocycles. The third-order valence-corrected chi connectivity index (χ3v) is 0.815. The van der Waals surface area contributed by atoms with Gasteiger partial charge in [0.25, 0.3) is 0 Å². The summed E-state index contributed by atoms with van der Waals surface area (Å²) in [5, 5.41) is 8.32. The highest BCUT2D eigenvalue weighted by Crippen LogP contribution is 1.69. The number of rotatable bonds is 4. The van der Waals surface area contributed by atoms with E-state index in [1.54, 1.807) is 0 Å². The number of amides is 2. The second-order valence-corrected chi connectivity index (χ2v) is 1.59. The highest BCUT2D eigenvalue weighted by atomic mass is 16.3. The first-order valence-corrected chi connectivity index (χ1v) is 2.86. The molecule has 8 nitrogen and oxygen atoms in total. The second kappa shape index (κ2) is 5.89. The SMILES string of the molecule is O=NCNC(=O)C(=O)NCN=O. The first-order chi connectivity index (χ1) is 5.72. The van der Waals surface area contributed by atoms with E-state index in [2.05, 4.69) is 10.4 Å². The topological polar surface area (TPSA) is 117 Å². The quantitative estimate of drug-likeness (QED) is 0.405. The minimum atomic E-state index is -1.03. The van der Waals surface area contributed by atoms with Crippen LogP contribution in [0.5, 0.6) is 0 Å². The highest BCUT2D eigenvalue weighted by Gasteiger charge is 2.11.